The summed E-state index contributed by atoms with van der Waals surface area (Å²) in [4.78, 5) is 0. The molecule has 0 aliphatic heterocycles. The largest absolute Gasteiger partial charge is 0.101 e. The first-order valence-corrected chi connectivity index (χ1v) is 9.06. The molecular formula is C24H26. The van der Waals surface area contributed by atoms with Gasteiger partial charge in [0.15, 0.2) is 0 Å². The molecule has 1 aliphatic rings. The van der Waals surface area contributed by atoms with Gasteiger partial charge in [0.2, 0.25) is 0 Å². The standard InChI is InChI=1S/C24H26/c1-3-5-19-7-11-21(12-8-19)23-15-17-24(18-16-23)22-13-9-20(6-4-2)10-14-22/h3,5,9-10,13-19,21H,7-8,11-12H2,1-2H3/b5-3+/t19-,21-. The maximum Gasteiger partial charge on any atom is 0.0245 e. The number of rotatable bonds is 3. The fraction of sp³-hybridized carbons (Fsp3) is 0.333. The van der Waals surface area contributed by atoms with Crippen LogP contribution in [0.1, 0.15) is 56.6 Å². The van der Waals surface area contributed by atoms with E-state index in [1.165, 1.54) is 42.4 Å². The summed E-state index contributed by atoms with van der Waals surface area (Å²) in [6.45, 7) is 4.00. The third kappa shape index (κ3) is 3.98. The van der Waals surface area contributed by atoms with Crippen LogP contribution in [-0.4, -0.2) is 0 Å². The molecular weight excluding hydrogens is 288 g/mol. The Labute approximate surface area is 146 Å². The minimum absolute atomic E-state index is 0.739. The van der Waals surface area contributed by atoms with Gasteiger partial charge in [0.1, 0.15) is 0 Å². The fourth-order valence-corrected chi connectivity index (χ4v) is 3.76. The van der Waals surface area contributed by atoms with Crippen molar-refractivity contribution in [2.45, 2.75) is 45.4 Å². The van der Waals surface area contributed by atoms with E-state index in [2.05, 4.69) is 79.4 Å². The Bertz CT molecular complexity index is 727. The molecule has 0 saturated heterocycles. The Hall–Kier alpha value is -2.26. The van der Waals surface area contributed by atoms with Gasteiger partial charge in [-0.05, 0) is 80.2 Å². The van der Waals surface area contributed by atoms with Crippen molar-refractivity contribution < 1.29 is 0 Å². The molecule has 0 nitrogen and oxygen atoms in total. The summed E-state index contributed by atoms with van der Waals surface area (Å²) in [6, 6.07) is 17.7. The highest BCUT2D eigenvalue weighted by Gasteiger charge is 2.20. The van der Waals surface area contributed by atoms with Crippen LogP contribution in [0.2, 0.25) is 0 Å². The molecule has 3 rings (SSSR count). The Morgan fingerprint density at radius 2 is 1.42 bits per heavy atom. The summed E-state index contributed by atoms with van der Waals surface area (Å²) < 4.78 is 0. The minimum atomic E-state index is 0.739. The first-order chi connectivity index (χ1) is 11.8. The zero-order valence-electron chi connectivity index (χ0n) is 14.8. The minimum Gasteiger partial charge on any atom is -0.101 e. The Morgan fingerprint density at radius 1 is 0.833 bits per heavy atom. The van der Waals surface area contributed by atoms with Gasteiger partial charge < -0.3 is 0 Å². The van der Waals surface area contributed by atoms with Crippen LogP contribution in [-0.2, 0) is 0 Å². The Balaban J connectivity index is 1.68. The van der Waals surface area contributed by atoms with E-state index in [4.69, 9.17) is 0 Å². The van der Waals surface area contributed by atoms with Gasteiger partial charge in [-0.2, -0.15) is 0 Å². The third-order valence-corrected chi connectivity index (χ3v) is 5.11. The van der Waals surface area contributed by atoms with E-state index >= 15 is 0 Å². The highest BCUT2D eigenvalue weighted by Crippen LogP contribution is 2.36. The highest BCUT2D eigenvalue weighted by molar-refractivity contribution is 5.64. The molecule has 0 atom stereocenters. The van der Waals surface area contributed by atoms with Crippen molar-refractivity contribution in [3.63, 3.8) is 0 Å². The van der Waals surface area contributed by atoms with E-state index in [0.29, 0.717) is 0 Å². The lowest BCUT2D eigenvalue weighted by Crippen LogP contribution is -2.11. The van der Waals surface area contributed by atoms with E-state index in [-0.39, 0.29) is 0 Å². The molecule has 1 fully saturated rings. The number of benzene rings is 2. The molecule has 1 aliphatic carbocycles. The lowest BCUT2D eigenvalue weighted by molar-refractivity contribution is 0.376. The summed E-state index contributed by atoms with van der Waals surface area (Å²) in [5.74, 6) is 7.58. The first kappa shape index (κ1) is 16.6. The molecule has 0 N–H and O–H groups in total. The number of hydrogen-bond acceptors (Lipinski definition) is 0. The van der Waals surface area contributed by atoms with Gasteiger partial charge in [-0.1, -0.05) is 54.5 Å². The van der Waals surface area contributed by atoms with E-state index < -0.39 is 0 Å². The predicted octanol–water partition coefficient (Wildman–Crippen LogP) is 6.57. The van der Waals surface area contributed by atoms with Crippen molar-refractivity contribution in [1.82, 2.24) is 0 Å². The maximum atomic E-state index is 3.10. The average Bonchev–Trinajstić information content (AvgIpc) is 2.64. The first-order valence-electron chi connectivity index (χ1n) is 9.06. The molecule has 24 heavy (non-hydrogen) atoms. The smallest absolute Gasteiger partial charge is 0.0245 e. The van der Waals surface area contributed by atoms with Gasteiger partial charge >= 0.3 is 0 Å². The quantitative estimate of drug-likeness (QED) is 0.443. The van der Waals surface area contributed by atoms with Crippen LogP contribution < -0.4 is 0 Å². The van der Waals surface area contributed by atoms with Crippen molar-refractivity contribution in [3.8, 4) is 23.0 Å². The zero-order valence-corrected chi connectivity index (χ0v) is 14.8. The summed E-state index contributed by atoms with van der Waals surface area (Å²) in [6.07, 6.45) is 9.88. The molecule has 0 aromatic heterocycles. The highest BCUT2D eigenvalue weighted by atomic mass is 14.3. The molecule has 0 bridgehead atoms. The van der Waals surface area contributed by atoms with E-state index in [1.807, 2.05) is 6.92 Å². The molecule has 0 heteroatoms. The van der Waals surface area contributed by atoms with E-state index in [1.54, 1.807) is 0 Å². The van der Waals surface area contributed by atoms with E-state index in [0.717, 1.165) is 17.4 Å². The van der Waals surface area contributed by atoms with Gasteiger partial charge in [-0.15, -0.1) is 5.92 Å². The maximum absolute atomic E-state index is 3.10. The van der Waals surface area contributed by atoms with Crippen LogP contribution in [0, 0.1) is 17.8 Å². The number of allylic oxidation sites excluding steroid dienone is 2. The molecule has 0 spiro atoms. The predicted molar refractivity (Wildman–Crippen MR) is 104 cm³/mol. The zero-order chi connectivity index (χ0) is 16.8. The molecule has 0 radical (unpaired) electrons. The second-order valence-electron chi connectivity index (χ2n) is 6.71. The molecule has 2 aromatic carbocycles. The molecule has 2 aromatic rings. The molecule has 0 amide bonds. The summed E-state index contributed by atoms with van der Waals surface area (Å²) in [5.41, 5.74) is 5.14. The summed E-state index contributed by atoms with van der Waals surface area (Å²) in [5, 5.41) is 0. The van der Waals surface area contributed by atoms with Crippen LogP contribution >= 0.6 is 0 Å². The second-order valence-corrected chi connectivity index (χ2v) is 6.71. The van der Waals surface area contributed by atoms with Crippen molar-refractivity contribution in [3.05, 3.63) is 71.8 Å². The van der Waals surface area contributed by atoms with Crippen molar-refractivity contribution in [2.24, 2.45) is 5.92 Å². The van der Waals surface area contributed by atoms with Gasteiger partial charge in [0.25, 0.3) is 0 Å². The van der Waals surface area contributed by atoms with E-state index in [9.17, 15) is 0 Å². The van der Waals surface area contributed by atoms with Gasteiger partial charge in [-0.3, -0.25) is 0 Å². The normalized spacial score (nSPS) is 20.6. The van der Waals surface area contributed by atoms with Crippen molar-refractivity contribution in [1.29, 1.82) is 0 Å². The number of hydrogen-bond donors (Lipinski definition) is 0. The lowest BCUT2D eigenvalue weighted by Gasteiger charge is -2.27. The second kappa shape index (κ2) is 8.02. The molecule has 122 valence electrons. The van der Waals surface area contributed by atoms with Crippen LogP contribution in [0.4, 0.5) is 0 Å². The van der Waals surface area contributed by atoms with Crippen LogP contribution in [0.25, 0.3) is 11.1 Å². The lowest BCUT2D eigenvalue weighted by atomic mass is 9.78. The molecule has 0 heterocycles. The van der Waals surface area contributed by atoms with Crippen molar-refractivity contribution in [2.75, 3.05) is 0 Å². The summed E-state index contributed by atoms with van der Waals surface area (Å²) >= 11 is 0. The fourth-order valence-electron chi connectivity index (χ4n) is 3.76. The average molecular weight is 314 g/mol. The summed E-state index contributed by atoms with van der Waals surface area (Å²) in [7, 11) is 0. The Morgan fingerprint density at radius 3 is 1.96 bits per heavy atom. The SMILES string of the molecule is CC#Cc1ccc(-c2ccc([C@H]3CC[C@H](/C=C/C)CC3)cc2)cc1. The van der Waals surface area contributed by atoms with Gasteiger partial charge in [0.05, 0.1) is 0 Å². The Kier molecular flexibility index (Phi) is 5.55. The van der Waals surface area contributed by atoms with Crippen LogP contribution in [0.15, 0.2) is 60.7 Å². The monoisotopic (exact) mass is 314 g/mol. The topological polar surface area (TPSA) is 0 Å². The van der Waals surface area contributed by atoms with Crippen LogP contribution in [0.3, 0.4) is 0 Å². The third-order valence-electron chi connectivity index (χ3n) is 5.11. The van der Waals surface area contributed by atoms with Gasteiger partial charge in [0, 0.05) is 5.56 Å². The van der Waals surface area contributed by atoms with Gasteiger partial charge in [-0.25, -0.2) is 0 Å². The molecule has 1 saturated carbocycles. The van der Waals surface area contributed by atoms with Crippen molar-refractivity contribution >= 4 is 0 Å². The van der Waals surface area contributed by atoms with Crippen LogP contribution in [0.5, 0.6) is 0 Å². The molecule has 0 unspecified atom stereocenters.